The van der Waals surface area contributed by atoms with Crippen molar-refractivity contribution in [3.63, 3.8) is 0 Å². The zero-order valence-corrected chi connectivity index (χ0v) is 82.0. The third-order valence-corrected chi connectivity index (χ3v) is 27.1. The smallest absolute Gasteiger partial charge is 0.245 e. The van der Waals surface area contributed by atoms with Crippen molar-refractivity contribution in [1.82, 2.24) is 28.7 Å². The number of fused-ring (bicyclic) bond motifs is 15. The summed E-state index contributed by atoms with van der Waals surface area (Å²) in [6, 6.07) is 130. The normalized spacial score (nSPS) is 12.2. The first-order valence-electron chi connectivity index (χ1n) is 45.7. The lowest BCUT2D eigenvalue weighted by Crippen LogP contribution is -3.00. The maximum atomic E-state index is 13.7. The Kier molecular flexibility index (Phi) is 27.5. The van der Waals surface area contributed by atoms with Crippen molar-refractivity contribution in [2.24, 2.45) is 0 Å². The molecule has 0 fully saturated rings. The van der Waals surface area contributed by atoms with E-state index >= 15 is 0 Å². The number of benzene rings is 18. The third-order valence-electron chi connectivity index (χ3n) is 25.8. The Hall–Kier alpha value is -16.1. The number of rotatable bonds is 12. The molecular formula is C121H84Br4N8O8. The summed E-state index contributed by atoms with van der Waals surface area (Å²) in [5.41, 5.74) is 14.6. The Balaban J connectivity index is 0.000000113. The molecule has 0 amide bonds. The topological polar surface area (TPSA) is 201 Å². The van der Waals surface area contributed by atoms with E-state index in [1.807, 2.05) is 122 Å². The van der Waals surface area contributed by atoms with E-state index in [-0.39, 0.29) is 91.6 Å². The van der Waals surface area contributed by atoms with Gasteiger partial charge in [-0.3, -0.25) is 38.4 Å². The molecule has 20 heteroatoms. The summed E-state index contributed by atoms with van der Waals surface area (Å²) in [5.74, 6) is -1.13. The van der Waals surface area contributed by atoms with Crippen molar-refractivity contribution in [3.05, 3.63) is 549 Å². The van der Waals surface area contributed by atoms with Gasteiger partial charge in [0.1, 0.15) is 49.0 Å². The predicted octanol–water partition coefficient (Wildman–Crippen LogP) is 18.4. The van der Waals surface area contributed by atoms with Crippen LogP contribution in [0, 0.1) is 0 Å². The van der Waals surface area contributed by atoms with Gasteiger partial charge in [0.15, 0.2) is 0 Å². The predicted molar refractivity (Wildman–Crippen MR) is 552 cm³/mol. The Bertz CT molecular complexity index is 8090. The number of nitrogens with one attached hydrogen (secondary N) is 1. The lowest BCUT2D eigenvalue weighted by molar-refractivity contribution is -0.689. The number of imidazole rings is 4. The summed E-state index contributed by atoms with van der Waals surface area (Å²) in [7, 11) is 0. The fourth-order valence-electron chi connectivity index (χ4n) is 18.9. The van der Waals surface area contributed by atoms with Crippen molar-refractivity contribution < 1.29 is 81.5 Å². The molecule has 4 aromatic heterocycles. The summed E-state index contributed by atoms with van der Waals surface area (Å²) in [5, 5.41) is 18.7. The zero-order valence-electron chi connectivity index (χ0n) is 75.7. The molecular weight excluding hydrogens is 2010 g/mol. The standard InChI is InChI=1S/2C33H23N2O2.C22H14N2O2.2C11H9Br.C11H6N2O2.2BrH/c2*36-32-28-11-5-6-12-29(28)33(37)31-30(32)34(19-22-13-15-24-7-1-3-9-26(24)17-22)21-35(31)20-23-14-16-25-8-2-4-10-27(25)18-23;25-21-17-7-3-4-8-18(17)22(26)20-19(21)23-13-24(20)12-14-9-10-15-5-1-2-6-16(15)11-14;2*12-8-9-5-6-10-3-1-2-4-11(10)7-9;14-10-6-3-1-2-4-7(6)11(15)9-8(10)12-5-13-9;;/h2*1-18,21H,19-20H2;1-11,13H,12H2;2*1-7H,8H2;1-5H,(H,12,13);2*1H/q2*+1;;;;;;/p-2. The minimum atomic E-state index is -0.193. The molecule has 684 valence electrons. The van der Waals surface area contributed by atoms with Crippen molar-refractivity contribution in [2.45, 2.75) is 43.4 Å². The van der Waals surface area contributed by atoms with Crippen LogP contribution < -0.4 is 43.1 Å². The van der Waals surface area contributed by atoms with E-state index < -0.39 is 0 Å². The number of nitrogens with zero attached hydrogens (tertiary/aromatic N) is 7. The molecule has 4 heterocycles. The quantitative estimate of drug-likeness (QED) is 0.0906. The molecule has 1 N–H and O–H groups in total. The van der Waals surface area contributed by atoms with Crippen LogP contribution >= 0.6 is 31.9 Å². The van der Waals surface area contributed by atoms with Gasteiger partial charge in [-0.15, -0.1) is 0 Å². The maximum Gasteiger partial charge on any atom is 0.245 e. The average Bonchev–Trinajstić information content (AvgIpc) is 1.61. The molecule has 141 heavy (non-hydrogen) atoms. The van der Waals surface area contributed by atoms with Gasteiger partial charge in [0.25, 0.3) is 0 Å². The number of hydrogen-bond donors (Lipinski definition) is 1. The maximum absolute atomic E-state index is 13.7. The van der Waals surface area contributed by atoms with Gasteiger partial charge in [-0.25, -0.2) is 28.2 Å². The highest BCUT2D eigenvalue weighted by molar-refractivity contribution is 9.08. The number of ketones is 8. The van der Waals surface area contributed by atoms with E-state index in [2.05, 4.69) is 277 Å². The molecule has 0 bridgehead atoms. The summed E-state index contributed by atoms with van der Waals surface area (Å²) >= 11 is 6.89. The minimum absolute atomic E-state index is 0. The van der Waals surface area contributed by atoms with Crippen LogP contribution in [-0.2, 0) is 43.4 Å². The Labute approximate surface area is 848 Å². The first-order chi connectivity index (χ1) is 68.1. The van der Waals surface area contributed by atoms with Crippen LogP contribution in [0.5, 0.6) is 0 Å². The second-order valence-corrected chi connectivity index (χ2v) is 35.8. The van der Waals surface area contributed by atoms with Crippen LogP contribution in [0.2, 0.25) is 0 Å². The number of carbonyl (C=O) groups excluding carboxylic acids is 8. The molecule has 0 saturated carbocycles. The lowest BCUT2D eigenvalue weighted by atomic mass is 9.89. The highest BCUT2D eigenvalue weighted by Gasteiger charge is 2.44. The molecule has 26 rings (SSSR count). The molecule has 22 aromatic rings. The molecule has 18 aromatic carbocycles. The van der Waals surface area contributed by atoms with Gasteiger partial charge in [-0.1, -0.05) is 396 Å². The van der Waals surface area contributed by atoms with E-state index in [9.17, 15) is 38.4 Å². The Morgan fingerprint density at radius 3 is 0.794 bits per heavy atom. The molecule has 4 aliphatic rings. The number of aromatic amines is 1. The van der Waals surface area contributed by atoms with E-state index in [1.54, 1.807) is 83.7 Å². The molecule has 0 atom stereocenters. The second-order valence-electron chi connectivity index (χ2n) is 34.7. The third kappa shape index (κ3) is 19.0. The van der Waals surface area contributed by atoms with Crippen LogP contribution in [0.4, 0.5) is 0 Å². The van der Waals surface area contributed by atoms with E-state index in [0.29, 0.717) is 111 Å². The molecule has 4 aliphatic carbocycles. The van der Waals surface area contributed by atoms with Crippen LogP contribution in [0.15, 0.2) is 420 Å². The van der Waals surface area contributed by atoms with Crippen molar-refractivity contribution in [1.29, 1.82) is 0 Å². The summed E-state index contributed by atoms with van der Waals surface area (Å²) in [6.07, 6.45) is 6.81. The Morgan fingerprint density at radius 1 is 0.234 bits per heavy atom. The van der Waals surface area contributed by atoms with E-state index in [1.165, 1.54) is 65.9 Å². The second kappa shape index (κ2) is 41.3. The molecule has 0 saturated heterocycles. The van der Waals surface area contributed by atoms with Gasteiger partial charge in [-0.05, 0) is 145 Å². The van der Waals surface area contributed by atoms with Crippen LogP contribution in [-0.4, -0.2) is 74.9 Å². The SMILES string of the molecule is BrCc1ccc2ccccc2c1.BrCc1ccc2ccccc2c1.O=C1c2ccccc2C(=O)c2[nH]cnc21.O=C1c2ccccc2C(=O)c2c1n(Cc1ccc3ccccc3c1)c[n+]2Cc1ccc2ccccc2c1.O=C1c2ccccc2C(=O)c2c1n(Cc1ccc3ccccc3c1)c[n+]2Cc1ccc2ccccc2c1.O=C1c2ccccc2C(=O)c2c1ncn2Cc1ccc2ccccc2c1.[Br-].[Br-]. The summed E-state index contributed by atoms with van der Waals surface area (Å²) in [4.78, 5) is 115. The average molecular weight is 2100 g/mol. The van der Waals surface area contributed by atoms with Crippen molar-refractivity contribution >= 4 is 154 Å². The zero-order chi connectivity index (χ0) is 94.7. The van der Waals surface area contributed by atoms with E-state index in [4.69, 9.17) is 0 Å². The molecule has 0 aliphatic heterocycles. The number of alkyl halides is 2. The minimum Gasteiger partial charge on any atom is -1.00 e. The van der Waals surface area contributed by atoms with E-state index in [0.717, 1.165) is 65.4 Å². The largest absolute Gasteiger partial charge is 1.00 e. The van der Waals surface area contributed by atoms with Crippen LogP contribution in [0.3, 0.4) is 0 Å². The van der Waals surface area contributed by atoms with Gasteiger partial charge in [0.2, 0.25) is 81.7 Å². The summed E-state index contributed by atoms with van der Waals surface area (Å²) in [6.45, 7) is 2.49. The molecule has 16 nitrogen and oxygen atoms in total. The highest BCUT2D eigenvalue weighted by Crippen LogP contribution is 2.34. The highest BCUT2D eigenvalue weighted by atomic mass is 79.9. The number of H-pyrrole nitrogens is 1. The monoisotopic (exact) mass is 2090 g/mol. The first kappa shape index (κ1) is 93.9. The van der Waals surface area contributed by atoms with Crippen molar-refractivity contribution in [3.8, 4) is 0 Å². The van der Waals surface area contributed by atoms with Crippen molar-refractivity contribution in [2.75, 3.05) is 0 Å². The molecule has 0 spiro atoms. The first-order valence-corrected chi connectivity index (χ1v) is 47.9. The Morgan fingerprint density at radius 2 is 0.475 bits per heavy atom. The fourth-order valence-corrected chi connectivity index (χ4v) is 19.6. The van der Waals surface area contributed by atoms with Gasteiger partial charge in [0, 0.05) is 61.7 Å². The number of hydrogen-bond acceptors (Lipinski definition) is 10. The fraction of sp³-hybridized carbons (Fsp3) is 0.0579. The van der Waals surface area contributed by atoms with Gasteiger partial charge >= 0.3 is 0 Å². The van der Waals surface area contributed by atoms with Gasteiger partial charge in [0.05, 0.1) is 12.7 Å². The van der Waals surface area contributed by atoms with Crippen LogP contribution in [0.1, 0.15) is 167 Å². The summed E-state index contributed by atoms with van der Waals surface area (Å²) < 4.78 is 9.54. The van der Waals surface area contributed by atoms with Gasteiger partial charge in [-0.2, -0.15) is 0 Å². The number of halogens is 4. The number of carbonyl (C=O) groups is 8. The van der Waals surface area contributed by atoms with Gasteiger partial charge < -0.3 is 43.5 Å². The molecule has 0 radical (unpaired) electrons. The number of aromatic nitrogens is 8. The lowest BCUT2D eigenvalue weighted by Gasteiger charge is -2.16. The van der Waals surface area contributed by atoms with Crippen LogP contribution in [0.25, 0.3) is 75.4 Å². The molecule has 0 unspecified atom stereocenters.